The van der Waals surface area contributed by atoms with Gasteiger partial charge in [0.15, 0.2) is 0 Å². The van der Waals surface area contributed by atoms with Crippen molar-refractivity contribution >= 4 is 21.6 Å². The molecule has 0 radical (unpaired) electrons. The number of anilines is 1. The molecule has 0 fully saturated rings. The van der Waals surface area contributed by atoms with E-state index in [0.717, 1.165) is 22.3 Å². The number of carbonyl (C=O) groups is 1. The zero-order valence-corrected chi connectivity index (χ0v) is 18.2. The summed E-state index contributed by atoms with van der Waals surface area (Å²) in [4.78, 5) is 12.9. The van der Waals surface area contributed by atoms with E-state index in [4.69, 9.17) is 0 Å². The number of aryl methyl sites for hydroxylation is 3. The molecule has 0 aromatic heterocycles. The molecule has 0 atom stereocenters. The summed E-state index contributed by atoms with van der Waals surface area (Å²) < 4.78 is 27.9. The topological polar surface area (TPSA) is 66.5 Å². The van der Waals surface area contributed by atoms with E-state index in [9.17, 15) is 13.2 Å². The van der Waals surface area contributed by atoms with Gasteiger partial charge in [0.25, 0.3) is 10.0 Å². The maximum atomic E-state index is 13.4. The van der Waals surface area contributed by atoms with Crippen LogP contribution in [0.2, 0.25) is 0 Å². The molecule has 0 aliphatic heterocycles. The van der Waals surface area contributed by atoms with E-state index in [-0.39, 0.29) is 17.3 Å². The molecule has 1 N–H and O–H groups in total. The summed E-state index contributed by atoms with van der Waals surface area (Å²) >= 11 is 0. The smallest absolute Gasteiger partial charge is 0.264 e. The van der Waals surface area contributed by atoms with Gasteiger partial charge in [-0.25, -0.2) is 8.42 Å². The number of hydrogen-bond donors (Lipinski definition) is 1. The number of amides is 1. The van der Waals surface area contributed by atoms with E-state index in [1.807, 2.05) is 51.1 Å². The molecule has 0 heterocycles. The molecule has 156 valence electrons. The van der Waals surface area contributed by atoms with Crippen LogP contribution >= 0.6 is 0 Å². The SMILES string of the molecule is Cc1cccc(CNC(=O)CN(c2cc(C)cc(C)c2)S(=O)(=O)c2ccccc2)c1. The zero-order valence-electron chi connectivity index (χ0n) is 17.4. The molecule has 0 aliphatic rings. The monoisotopic (exact) mass is 422 g/mol. The molecule has 0 spiro atoms. The fourth-order valence-corrected chi connectivity index (χ4v) is 4.76. The lowest BCUT2D eigenvalue weighted by Gasteiger charge is -2.25. The first-order valence-electron chi connectivity index (χ1n) is 9.74. The minimum absolute atomic E-state index is 0.149. The number of nitrogens with one attached hydrogen (secondary N) is 1. The van der Waals surface area contributed by atoms with Crippen LogP contribution in [0.4, 0.5) is 5.69 Å². The number of benzene rings is 3. The second-order valence-corrected chi connectivity index (χ2v) is 9.30. The molecule has 30 heavy (non-hydrogen) atoms. The van der Waals surface area contributed by atoms with E-state index < -0.39 is 10.0 Å². The van der Waals surface area contributed by atoms with E-state index in [0.29, 0.717) is 12.2 Å². The average Bonchev–Trinajstić information content (AvgIpc) is 2.70. The summed E-state index contributed by atoms with van der Waals surface area (Å²) in [6.45, 7) is 5.83. The normalized spacial score (nSPS) is 11.2. The van der Waals surface area contributed by atoms with Gasteiger partial charge in [-0.1, -0.05) is 54.1 Å². The van der Waals surface area contributed by atoms with Crippen molar-refractivity contribution in [3.63, 3.8) is 0 Å². The van der Waals surface area contributed by atoms with Crippen molar-refractivity contribution in [1.29, 1.82) is 0 Å². The predicted octanol–water partition coefficient (Wildman–Crippen LogP) is 4.12. The summed E-state index contributed by atoms with van der Waals surface area (Å²) in [5.41, 5.74) is 4.40. The Morgan fingerprint density at radius 3 is 2.13 bits per heavy atom. The minimum Gasteiger partial charge on any atom is -0.350 e. The lowest BCUT2D eigenvalue weighted by Crippen LogP contribution is -2.40. The minimum atomic E-state index is -3.90. The number of rotatable bonds is 7. The van der Waals surface area contributed by atoms with Crippen LogP contribution in [0.1, 0.15) is 22.3 Å². The highest BCUT2D eigenvalue weighted by molar-refractivity contribution is 7.92. The van der Waals surface area contributed by atoms with Gasteiger partial charge in [0.1, 0.15) is 6.54 Å². The Labute approximate surface area is 178 Å². The van der Waals surface area contributed by atoms with Crippen molar-refractivity contribution in [1.82, 2.24) is 5.32 Å². The van der Waals surface area contributed by atoms with Gasteiger partial charge in [-0.15, -0.1) is 0 Å². The summed E-state index contributed by atoms with van der Waals surface area (Å²) in [6.07, 6.45) is 0. The average molecular weight is 423 g/mol. The fraction of sp³-hybridized carbons (Fsp3) is 0.208. The molecule has 3 rings (SSSR count). The van der Waals surface area contributed by atoms with E-state index in [1.54, 1.807) is 30.3 Å². The third kappa shape index (κ3) is 5.27. The van der Waals surface area contributed by atoms with Crippen LogP contribution in [0.25, 0.3) is 0 Å². The van der Waals surface area contributed by atoms with Crippen LogP contribution in [0.3, 0.4) is 0 Å². The molecule has 3 aromatic carbocycles. The van der Waals surface area contributed by atoms with Gasteiger partial charge in [0, 0.05) is 6.54 Å². The van der Waals surface area contributed by atoms with Gasteiger partial charge < -0.3 is 5.32 Å². The van der Waals surface area contributed by atoms with E-state index >= 15 is 0 Å². The van der Waals surface area contributed by atoms with Crippen LogP contribution in [-0.4, -0.2) is 20.9 Å². The van der Waals surface area contributed by atoms with Gasteiger partial charge in [0.2, 0.25) is 5.91 Å². The van der Waals surface area contributed by atoms with Crippen molar-refractivity contribution in [2.75, 3.05) is 10.8 Å². The lowest BCUT2D eigenvalue weighted by molar-refractivity contribution is -0.119. The second-order valence-electron chi connectivity index (χ2n) is 7.44. The fourth-order valence-electron chi connectivity index (χ4n) is 3.34. The van der Waals surface area contributed by atoms with Gasteiger partial charge in [0.05, 0.1) is 10.6 Å². The molecule has 0 aliphatic carbocycles. The molecular formula is C24H26N2O3S. The molecular weight excluding hydrogens is 396 g/mol. The Hall–Kier alpha value is -3.12. The van der Waals surface area contributed by atoms with E-state index in [2.05, 4.69) is 5.32 Å². The van der Waals surface area contributed by atoms with Crippen LogP contribution in [0.5, 0.6) is 0 Å². The standard InChI is InChI=1S/C24H26N2O3S/c1-18-8-7-9-21(13-18)16-25-24(27)17-26(22-14-19(2)12-20(3)15-22)30(28,29)23-10-5-4-6-11-23/h4-15H,16-17H2,1-3H3,(H,25,27). The maximum Gasteiger partial charge on any atom is 0.264 e. The lowest BCUT2D eigenvalue weighted by atomic mass is 10.1. The Morgan fingerprint density at radius 2 is 1.50 bits per heavy atom. The van der Waals surface area contributed by atoms with Gasteiger partial charge in [-0.3, -0.25) is 9.10 Å². The van der Waals surface area contributed by atoms with Crippen molar-refractivity contribution in [3.05, 3.63) is 95.1 Å². The Balaban J connectivity index is 1.88. The molecule has 0 saturated carbocycles. The van der Waals surface area contributed by atoms with Crippen molar-refractivity contribution in [2.45, 2.75) is 32.2 Å². The second kappa shape index (κ2) is 9.13. The predicted molar refractivity (Wildman–Crippen MR) is 120 cm³/mol. The van der Waals surface area contributed by atoms with Crippen LogP contribution < -0.4 is 9.62 Å². The van der Waals surface area contributed by atoms with E-state index in [1.165, 1.54) is 16.4 Å². The third-order valence-corrected chi connectivity index (χ3v) is 6.47. The largest absolute Gasteiger partial charge is 0.350 e. The first-order chi connectivity index (χ1) is 14.3. The van der Waals surface area contributed by atoms with Gasteiger partial charge >= 0.3 is 0 Å². The number of nitrogens with zero attached hydrogens (tertiary/aromatic N) is 1. The number of sulfonamides is 1. The molecule has 6 heteroatoms. The zero-order chi connectivity index (χ0) is 21.7. The number of carbonyl (C=O) groups excluding carboxylic acids is 1. The highest BCUT2D eigenvalue weighted by Gasteiger charge is 2.27. The molecule has 0 unspecified atom stereocenters. The Bertz CT molecular complexity index is 1120. The third-order valence-electron chi connectivity index (χ3n) is 4.69. The summed E-state index contributed by atoms with van der Waals surface area (Å²) in [5, 5.41) is 2.83. The molecule has 0 bridgehead atoms. The summed E-state index contributed by atoms with van der Waals surface area (Å²) in [6, 6.07) is 21.5. The van der Waals surface area contributed by atoms with Crippen molar-refractivity contribution in [2.24, 2.45) is 0 Å². The van der Waals surface area contributed by atoms with Crippen LogP contribution in [0.15, 0.2) is 77.7 Å². The molecule has 1 amide bonds. The maximum absolute atomic E-state index is 13.4. The van der Waals surface area contributed by atoms with Crippen LogP contribution in [-0.2, 0) is 21.4 Å². The summed E-state index contributed by atoms with van der Waals surface area (Å²) in [7, 11) is -3.90. The molecule has 3 aromatic rings. The Morgan fingerprint density at radius 1 is 0.833 bits per heavy atom. The number of hydrogen-bond acceptors (Lipinski definition) is 3. The highest BCUT2D eigenvalue weighted by Crippen LogP contribution is 2.25. The highest BCUT2D eigenvalue weighted by atomic mass is 32.2. The van der Waals surface area contributed by atoms with Gasteiger partial charge in [-0.2, -0.15) is 0 Å². The van der Waals surface area contributed by atoms with Crippen molar-refractivity contribution < 1.29 is 13.2 Å². The first-order valence-corrected chi connectivity index (χ1v) is 11.2. The van der Waals surface area contributed by atoms with Gasteiger partial charge in [-0.05, 0) is 61.7 Å². The van der Waals surface area contributed by atoms with Crippen LogP contribution in [0, 0.1) is 20.8 Å². The summed E-state index contributed by atoms with van der Waals surface area (Å²) in [5.74, 6) is -0.366. The van der Waals surface area contributed by atoms with Crippen molar-refractivity contribution in [3.8, 4) is 0 Å². The Kier molecular flexibility index (Phi) is 6.57. The molecule has 5 nitrogen and oxygen atoms in total. The molecule has 0 saturated heterocycles. The first kappa shape index (κ1) is 21.6. The quantitative estimate of drug-likeness (QED) is 0.623.